The Morgan fingerprint density at radius 2 is 1.81 bits per heavy atom. The predicted octanol–water partition coefficient (Wildman–Crippen LogP) is 3.33. The van der Waals surface area contributed by atoms with Crippen LogP contribution < -0.4 is 4.74 Å². The van der Waals surface area contributed by atoms with E-state index in [2.05, 4.69) is 33.2 Å². The van der Waals surface area contributed by atoms with Crippen molar-refractivity contribution in [3.8, 4) is 11.6 Å². The van der Waals surface area contributed by atoms with Crippen LogP contribution in [0.5, 0.6) is 5.75 Å². The standard InChI is InChI=1S/C25H30N4O3/c1-17-12-22(19(3)29(17)25-13-18(2)32-26-25)23(30)16-28-9-7-27(8-10-28)15-20-4-5-24-21(14-20)6-11-31-24/h4-5,12-14H,6-11,15-16H2,1-3H3. The molecule has 0 aliphatic carbocycles. The average molecular weight is 435 g/mol. The summed E-state index contributed by atoms with van der Waals surface area (Å²) in [4.78, 5) is 17.8. The number of carbonyl (C=O) groups excluding carboxylic acids is 1. The Morgan fingerprint density at radius 1 is 1.03 bits per heavy atom. The summed E-state index contributed by atoms with van der Waals surface area (Å²) in [6, 6.07) is 10.4. The average Bonchev–Trinajstić information content (AvgIpc) is 3.48. The Morgan fingerprint density at radius 3 is 2.56 bits per heavy atom. The van der Waals surface area contributed by atoms with Crippen LogP contribution in [0, 0.1) is 20.8 Å². The van der Waals surface area contributed by atoms with E-state index in [1.807, 2.05) is 37.5 Å². The number of benzene rings is 1. The monoisotopic (exact) mass is 434 g/mol. The maximum atomic E-state index is 13.1. The fourth-order valence-corrected chi connectivity index (χ4v) is 4.85. The Bertz CT molecular complexity index is 1140. The number of hydrogen-bond donors (Lipinski definition) is 0. The van der Waals surface area contributed by atoms with Gasteiger partial charge in [-0.3, -0.25) is 19.2 Å². The lowest BCUT2D eigenvalue weighted by atomic mass is 10.1. The molecule has 2 aliphatic rings. The van der Waals surface area contributed by atoms with Crippen molar-refractivity contribution in [2.45, 2.75) is 33.7 Å². The molecule has 0 saturated carbocycles. The van der Waals surface area contributed by atoms with Crippen molar-refractivity contribution in [3.05, 3.63) is 64.2 Å². The zero-order valence-corrected chi connectivity index (χ0v) is 19.1. The molecular weight excluding hydrogens is 404 g/mol. The van der Waals surface area contributed by atoms with E-state index in [-0.39, 0.29) is 5.78 Å². The molecule has 168 valence electrons. The molecule has 0 spiro atoms. The smallest absolute Gasteiger partial charge is 0.180 e. The maximum Gasteiger partial charge on any atom is 0.180 e. The van der Waals surface area contributed by atoms with Gasteiger partial charge >= 0.3 is 0 Å². The topological polar surface area (TPSA) is 63.7 Å². The number of nitrogens with zero attached hydrogens (tertiary/aromatic N) is 4. The summed E-state index contributed by atoms with van der Waals surface area (Å²) in [6.45, 7) is 11.8. The Kier molecular flexibility index (Phi) is 5.61. The molecule has 2 aliphatic heterocycles. The normalized spacial score (nSPS) is 16.8. The van der Waals surface area contributed by atoms with Gasteiger partial charge in [0.25, 0.3) is 0 Å². The van der Waals surface area contributed by atoms with E-state index >= 15 is 0 Å². The number of ether oxygens (including phenoxy) is 1. The van der Waals surface area contributed by atoms with Gasteiger partial charge in [-0.2, -0.15) is 0 Å². The van der Waals surface area contributed by atoms with Gasteiger partial charge in [-0.1, -0.05) is 17.3 Å². The largest absolute Gasteiger partial charge is 0.493 e. The van der Waals surface area contributed by atoms with Crippen molar-refractivity contribution < 1.29 is 14.1 Å². The second kappa shape index (κ2) is 8.56. The van der Waals surface area contributed by atoms with E-state index in [1.165, 1.54) is 11.1 Å². The van der Waals surface area contributed by atoms with Gasteiger partial charge in [0, 0.05) is 62.2 Å². The molecule has 1 saturated heterocycles. The first kappa shape index (κ1) is 21.0. The number of ketones is 1. The molecule has 0 radical (unpaired) electrons. The SMILES string of the molecule is Cc1cc(-n2c(C)cc(C(=O)CN3CCN(Cc4ccc5c(c4)CCO5)CC3)c2C)no1. The minimum atomic E-state index is 0.164. The van der Waals surface area contributed by atoms with E-state index in [0.717, 1.165) is 80.0 Å². The predicted molar refractivity (Wildman–Crippen MR) is 122 cm³/mol. The maximum absolute atomic E-state index is 13.1. The summed E-state index contributed by atoms with van der Waals surface area (Å²) in [7, 11) is 0. The van der Waals surface area contributed by atoms with Crippen molar-refractivity contribution in [2.75, 3.05) is 39.3 Å². The number of aryl methyl sites for hydroxylation is 2. The molecule has 1 aromatic carbocycles. The van der Waals surface area contributed by atoms with Gasteiger partial charge in [0.15, 0.2) is 11.6 Å². The quantitative estimate of drug-likeness (QED) is 0.555. The highest BCUT2D eigenvalue weighted by molar-refractivity contribution is 5.99. The number of rotatable bonds is 6. The molecule has 2 aromatic heterocycles. The Hall–Kier alpha value is -2.90. The molecular formula is C25H30N4O3. The first-order chi connectivity index (χ1) is 15.5. The molecule has 5 rings (SSSR count). The summed E-state index contributed by atoms with van der Waals surface area (Å²) in [5.41, 5.74) is 5.34. The highest BCUT2D eigenvalue weighted by atomic mass is 16.5. The van der Waals surface area contributed by atoms with Gasteiger partial charge in [-0.05, 0) is 44.0 Å². The Labute approximate surface area is 188 Å². The van der Waals surface area contributed by atoms with Gasteiger partial charge in [-0.25, -0.2) is 0 Å². The van der Waals surface area contributed by atoms with Gasteiger partial charge < -0.3 is 9.26 Å². The molecule has 7 nitrogen and oxygen atoms in total. The van der Waals surface area contributed by atoms with E-state index in [4.69, 9.17) is 9.26 Å². The Balaban J connectivity index is 1.18. The first-order valence-corrected chi connectivity index (χ1v) is 11.3. The van der Waals surface area contributed by atoms with Crippen LogP contribution in [-0.4, -0.2) is 64.6 Å². The summed E-state index contributed by atoms with van der Waals surface area (Å²) < 4.78 is 12.8. The number of fused-ring (bicyclic) bond motifs is 1. The molecule has 3 aromatic rings. The van der Waals surface area contributed by atoms with Crippen LogP contribution in [-0.2, 0) is 13.0 Å². The summed E-state index contributed by atoms with van der Waals surface area (Å²) in [5, 5.41) is 4.11. The molecule has 0 N–H and O–H groups in total. The summed E-state index contributed by atoms with van der Waals surface area (Å²) >= 11 is 0. The van der Waals surface area contributed by atoms with Crippen LogP contribution in [0.1, 0.15) is 38.6 Å². The molecule has 32 heavy (non-hydrogen) atoms. The van der Waals surface area contributed by atoms with Gasteiger partial charge in [-0.15, -0.1) is 0 Å². The van der Waals surface area contributed by atoms with E-state index < -0.39 is 0 Å². The van der Waals surface area contributed by atoms with Crippen LogP contribution in [0.25, 0.3) is 5.82 Å². The molecule has 0 atom stereocenters. The molecule has 0 unspecified atom stereocenters. The lowest BCUT2D eigenvalue weighted by Gasteiger charge is -2.34. The third-order valence-electron chi connectivity index (χ3n) is 6.57. The van der Waals surface area contributed by atoms with E-state index in [1.54, 1.807) is 0 Å². The second-order valence-corrected chi connectivity index (χ2v) is 8.93. The summed E-state index contributed by atoms with van der Waals surface area (Å²) in [5.74, 6) is 2.68. The van der Waals surface area contributed by atoms with E-state index in [0.29, 0.717) is 6.54 Å². The number of aromatic nitrogens is 2. The zero-order chi connectivity index (χ0) is 22.2. The lowest BCUT2D eigenvalue weighted by molar-refractivity contribution is 0.0843. The van der Waals surface area contributed by atoms with Crippen molar-refractivity contribution in [3.63, 3.8) is 0 Å². The minimum absolute atomic E-state index is 0.164. The van der Waals surface area contributed by atoms with Crippen LogP contribution in [0.15, 0.2) is 34.9 Å². The number of piperazine rings is 1. The lowest BCUT2D eigenvalue weighted by Crippen LogP contribution is -2.47. The number of Topliss-reactive ketones (excluding diaryl/α,β-unsaturated/α-hetero) is 1. The molecule has 4 heterocycles. The first-order valence-electron chi connectivity index (χ1n) is 11.3. The van der Waals surface area contributed by atoms with Crippen LogP contribution >= 0.6 is 0 Å². The van der Waals surface area contributed by atoms with Crippen LogP contribution in [0.2, 0.25) is 0 Å². The van der Waals surface area contributed by atoms with Crippen LogP contribution in [0.3, 0.4) is 0 Å². The van der Waals surface area contributed by atoms with Crippen molar-refractivity contribution in [2.24, 2.45) is 0 Å². The fourth-order valence-electron chi connectivity index (χ4n) is 4.85. The number of hydrogen-bond acceptors (Lipinski definition) is 6. The third kappa shape index (κ3) is 4.10. The second-order valence-electron chi connectivity index (χ2n) is 8.93. The summed E-state index contributed by atoms with van der Waals surface area (Å²) in [6.07, 6.45) is 1.01. The molecule has 0 amide bonds. The minimum Gasteiger partial charge on any atom is -0.493 e. The number of carbonyl (C=O) groups is 1. The van der Waals surface area contributed by atoms with Gasteiger partial charge in [0.1, 0.15) is 11.5 Å². The van der Waals surface area contributed by atoms with E-state index in [9.17, 15) is 4.79 Å². The van der Waals surface area contributed by atoms with Crippen molar-refractivity contribution in [1.82, 2.24) is 19.5 Å². The van der Waals surface area contributed by atoms with Gasteiger partial charge in [0.2, 0.25) is 0 Å². The fraction of sp³-hybridized carbons (Fsp3) is 0.440. The molecule has 1 fully saturated rings. The highest BCUT2D eigenvalue weighted by Gasteiger charge is 2.23. The van der Waals surface area contributed by atoms with Crippen LogP contribution in [0.4, 0.5) is 0 Å². The van der Waals surface area contributed by atoms with Crippen molar-refractivity contribution >= 4 is 5.78 Å². The van der Waals surface area contributed by atoms with Crippen molar-refractivity contribution in [1.29, 1.82) is 0 Å². The molecule has 0 bridgehead atoms. The van der Waals surface area contributed by atoms with Gasteiger partial charge in [0.05, 0.1) is 13.2 Å². The zero-order valence-electron chi connectivity index (χ0n) is 19.1. The highest BCUT2D eigenvalue weighted by Crippen LogP contribution is 2.26. The molecule has 7 heteroatoms. The third-order valence-corrected chi connectivity index (χ3v) is 6.57.